The van der Waals surface area contributed by atoms with E-state index in [2.05, 4.69) is 19.2 Å². The fourth-order valence-corrected chi connectivity index (χ4v) is 2.53. The van der Waals surface area contributed by atoms with E-state index in [-0.39, 0.29) is 6.10 Å². The van der Waals surface area contributed by atoms with Crippen molar-refractivity contribution in [3.05, 3.63) is 0 Å². The van der Waals surface area contributed by atoms with E-state index in [1.54, 1.807) is 0 Å². The number of nitrogens with one attached hydrogen (secondary N) is 1. The summed E-state index contributed by atoms with van der Waals surface area (Å²) in [5.41, 5.74) is -0.204. The fraction of sp³-hybridized carbons (Fsp3) is 1.00. The van der Waals surface area contributed by atoms with Crippen molar-refractivity contribution in [3.63, 3.8) is 0 Å². The third-order valence-corrected chi connectivity index (χ3v) is 3.94. The molecule has 0 spiro atoms. The molecular formula is C14H30N2O2. The second-order valence-electron chi connectivity index (χ2n) is 6.94. The third-order valence-electron chi connectivity index (χ3n) is 3.94. The molecule has 1 saturated carbocycles. The van der Waals surface area contributed by atoms with Crippen LogP contribution < -0.4 is 5.32 Å². The van der Waals surface area contributed by atoms with Crippen LogP contribution in [0.25, 0.3) is 0 Å². The van der Waals surface area contributed by atoms with Gasteiger partial charge in [0.1, 0.15) is 0 Å². The van der Waals surface area contributed by atoms with Crippen molar-refractivity contribution in [3.8, 4) is 0 Å². The van der Waals surface area contributed by atoms with Crippen molar-refractivity contribution < 1.29 is 10.2 Å². The van der Waals surface area contributed by atoms with Crippen LogP contribution >= 0.6 is 0 Å². The van der Waals surface area contributed by atoms with Gasteiger partial charge in [0.2, 0.25) is 0 Å². The average Bonchev–Trinajstić information content (AvgIpc) is 2.22. The normalized spacial score (nSPS) is 24.2. The molecule has 0 aromatic rings. The van der Waals surface area contributed by atoms with Crippen molar-refractivity contribution >= 4 is 0 Å². The summed E-state index contributed by atoms with van der Waals surface area (Å²) >= 11 is 0. The molecule has 1 fully saturated rings. The quantitative estimate of drug-likeness (QED) is 0.660. The summed E-state index contributed by atoms with van der Waals surface area (Å²) in [6.45, 7) is 6.32. The molecular weight excluding hydrogens is 228 g/mol. The van der Waals surface area contributed by atoms with E-state index in [1.165, 1.54) is 0 Å². The molecule has 1 aliphatic carbocycles. The number of aliphatic hydroxyl groups is 2. The van der Waals surface area contributed by atoms with Gasteiger partial charge in [0.25, 0.3) is 0 Å². The van der Waals surface area contributed by atoms with Crippen LogP contribution in [0.2, 0.25) is 0 Å². The molecule has 4 nitrogen and oxygen atoms in total. The lowest BCUT2D eigenvalue weighted by atomic mass is 9.71. The molecule has 0 aliphatic heterocycles. The second-order valence-corrected chi connectivity index (χ2v) is 6.94. The molecule has 0 radical (unpaired) electrons. The Bertz CT molecular complexity index is 244. The molecule has 0 amide bonds. The number of rotatable bonds is 6. The van der Waals surface area contributed by atoms with Gasteiger partial charge >= 0.3 is 0 Å². The zero-order chi connectivity index (χ0) is 13.8. The van der Waals surface area contributed by atoms with E-state index < -0.39 is 5.60 Å². The molecule has 0 saturated heterocycles. The van der Waals surface area contributed by atoms with E-state index >= 15 is 0 Å². The molecule has 1 unspecified atom stereocenters. The van der Waals surface area contributed by atoms with Crippen molar-refractivity contribution in [2.45, 2.75) is 51.2 Å². The van der Waals surface area contributed by atoms with Crippen LogP contribution in [-0.4, -0.2) is 60.5 Å². The zero-order valence-corrected chi connectivity index (χ0v) is 12.4. The van der Waals surface area contributed by atoms with Crippen molar-refractivity contribution in [1.82, 2.24) is 10.2 Å². The first-order valence-corrected chi connectivity index (χ1v) is 6.98. The molecule has 0 aromatic carbocycles. The Labute approximate surface area is 111 Å². The molecule has 1 aliphatic rings. The van der Waals surface area contributed by atoms with Crippen LogP contribution in [0.1, 0.15) is 39.5 Å². The van der Waals surface area contributed by atoms with E-state index in [0.29, 0.717) is 25.0 Å². The first-order chi connectivity index (χ1) is 8.22. The highest BCUT2D eigenvalue weighted by atomic mass is 16.3. The van der Waals surface area contributed by atoms with Gasteiger partial charge in [0.05, 0.1) is 11.7 Å². The van der Waals surface area contributed by atoms with Crippen LogP contribution in [0.4, 0.5) is 0 Å². The van der Waals surface area contributed by atoms with Crippen LogP contribution in [0, 0.1) is 5.41 Å². The highest BCUT2D eigenvalue weighted by Crippen LogP contribution is 2.39. The molecule has 3 N–H and O–H groups in total. The Balaban J connectivity index is 2.23. The van der Waals surface area contributed by atoms with Crippen molar-refractivity contribution in [2.24, 2.45) is 5.41 Å². The van der Waals surface area contributed by atoms with Crippen LogP contribution in [0.15, 0.2) is 0 Å². The number of likely N-dealkylation sites (N-methyl/N-ethyl adjacent to an activating group) is 1. The Morgan fingerprint density at radius 3 is 2.22 bits per heavy atom. The minimum Gasteiger partial charge on any atom is -0.390 e. The number of hydrogen-bond donors (Lipinski definition) is 3. The highest BCUT2D eigenvalue weighted by Gasteiger charge is 2.36. The van der Waals surface area contributed by atoms with Gasteiger partial charge in [-0.05, 0) is 45.2 Å². The fourth-order valence-electron chi connectivity index (χ4n) is 2.53. The number of aliphatic hydroxyl groups excluding tert-OH is 1. The predicted octanol–water partition coefficient (Wildman–Crippen LogP) is 0.830. The predicted molar refractivity (Wildman–Crippen MR) is 74.6 cm³/mol. The zero-order valence-electron chi connectivity index (χ0n) is 12.4. The Morgan fingerprint density at radius 1 is 1.17 bits per heavy atom. The molecule has 0 bridgehead atoms. The molecule has 0 heterocycles. The summed E-state index contributed by atoms with van der Waals surface area (Å²) in [5.74, 6) is 0. The van der Waals surface area contributed by atoms with Crippen molar-refractivity contribution in [1.29, 1.82) is 0 Å². The summed E-state index contributed by atoms with van der Waals surface area (Å²) < 4.78 is 0. The maximum absolute atomic E-state index is 10.4. The smallest absolute Gasteiger partial charge is 0.0791 e. The van der Waals surface area contributed by atoms with Gasteiger partial charge in [-0.3, -0.25) is 0 Å². The van der Waals surface area contributed by atoms with E-state index in [9.17, 15) is 10.2 Å². The lowest BCUT2D eigenvalue weighted by Crippen LogP contribution is -2.47. The van der Waals surface area contributed by atoms with Gasteiger partial charge in [-0.15, -0.1) is 0 Å². The Morgan fingerprint density at radius 2 is 1.72 bits per heavy atom. The Kier molecular flexibility index (Phi) is 5.59. The first-order valence-electron chi connectivity index (χ1n) is 6.98. The highest BCUT2D eigenvalue weighted by molar-refractivity contribution is 4.90. The summed E-state index contributed by atoms with van der Waals surface area (Å²) in [4.78, 5) is 1.96. The lowest BCUT2D eigenvalue weighted by molar-refractivity contribution is -0.0260. The third kappa shape index (κ3) is 5.65. The lowest BCUT2D eigenvalue weighted by Gasteiger charge is -2.40. The SMILES string of the molecule is CN(C)CC(O)CNCC1(O)CCC(C)(C)CC1. The summed E-state index contributed by atoms with van der Waals surface area (Å²) in [7, 11) is 3.89. The Hall–Kier alpha value is -0.160. The topological polar surface area (TPSA) is 55.7 Å². The maximum Gasteiger partial charge on any atom is 0.0791 e. The molecule has 0 aromatic heterocycles. The van der Waals surface area contributed by atoms with Crippen LogP contribution in [-0.2, 0) is 0 Å². The van der Waals surface area contributed by atoms with Gasteiger partial charge in [0.15, 0.2) is 0 Å². The van der Waals surface area contributed by atoms with E-state index in [1.807, 2.05) is 19.0 Å². The van der Waals surface area contributed by atoms with Crippen molar-refractivity contribution in [2.75, 3.05) is 33.7 Å². The largest absolute Gasteiger partial charge is 0.390 e. The van der Waals surface area contributed by atoms with Gasteiger partial charge in [-0.1, -0.05) is 13.8 Å². The molecule has 108 valence electrons. The number of hydrogen-bond acceptors (Lipinski definition) is 4. The minimum atomic E-state index is -0.576. The second kappa shape index (κ2) is 6.33. The summed E-state index contributed by atoms with van der Waals surface area (Å²) in [5, 5.41) is 23.4. The minimum absolute atomic E-state index is 0.372. The number of nitrogens with zero attached hydrogens (tertiary/aromatic N) is 1. The van der Waals surface area contributed by atoms with Gasteiger partial charge in [0, 0.05) is 19.6 Å². The van der Waals surface area contributed by atoms with E-state index in [0.717, 1.165) is 25.7 Å². The molecule has 1 atom stereocenters. The van der Waals surface area contributed by atoms with Gasteiger partial charge in [-0.25, -0.2) is 0 Å². The van der Waals surface area contributed by atoms with Gasteiger partial charge < -0.3 is 20.4 Å². The summed E-state index contributed by atoms with van der Waals surface area (Å²) in [6.07, 6.45) is 3.49. The molecule has 18 heavy (non-hydrogen) atoms. The summed E-state index contributed by atoms with van der Waals surface area (Å²) in [6, 6.07) is 0. The monoisotopic (exact) mass is 258 g/mol. The molecule has 1 rings (SSSR count). The standard InChI is InChI=1S/C14H30N2O2/c1-13(2)5-7-14(18,8-6-13)11-15-9-12(17)10-16(3)4/h12,15,17-18H,5-11H2,1-4H3. The van der Waals surface area contributed by atoms with Crippen LogP contribution in [0.5, 0.6) is 0 Å². The van der Waals surface area contributed by atoms with Gasteiger partial charge in [-0.2, -0.15) is 0 Å². The first kappa shape index (κ1) is 15.9. The maximum atomic E-state index is 10.4. The molecule has 4 heteroatoms. The van der Waals surface area contributed by atoms with Crippen LogP contribution in [0.3, 0.4) is 0 Å². The average molecular weight is 258 g/mol. The van der Waals surface area contributed by atoms with E-state index in [4.69, 9.17) is 0 Å².